The predicted molar refractivity (Wildman–Crippen MR) is 288 cm³/mol. The number of likely N-dealkylation sites (N-methyl/N-ethyl adjacent to an activating group) is 1. The van der Waals surface area contributed by atoms with Gasteiger partial charge < -0.3 is 24.2 Å². The first-order valence-corrected chi connectivity index (χ1v) is 23.4. The minimum absolute atomic E-state index is 0. The average Bonchev–Trinajstić information content (AvgIpc) is 3.79. The van der Waals surface area contributed by atoms with Crippen LogP contribution in [0.1, 0.15) is 55.6 Å². The van der Waals surface area contributed by atoms with Gasteiger partial charge in [-0.15, -0.1) is 24.3 Å². The molecule has 0 amide bonds. The molecule has 7 heteroatoms. The van der Waals surface area contributed by atoms with Crippen LogP contribution in [0.4, 0.5) is 0 Å². The summed E-state index contributed by atoms with van der Waals surface area (Å²) < 4.78 is 4.43. The molecule has 2 heterocycles. The van der Waals surface area contributed by atoms with Crippen LogP contribution in [0, 0.1) is 55.4 Å². The number of phenols is 2. The van der Waals surface area contributed by atoms with E-state index in [-0.39, 0.29) is 33.2 Å². The van der Waals surface area contributed by atoms with Crippen LogP contribution in [0.3, 0.4) is 0 Å². The van der Waals surface area contributed by atoms with Gasteiger partial charge >= 0.3 is 21.7 Å². The van der Waals surface area contributed by atoms with Gasteiger partial charge in [-0.3, -0.25) is 4.90 Å². The van der Waals surface area contributed by atoms with Crippen molar-refractivity contribution in [3.63, 3.8) is 0 Å². The van der Waals surface area contributed by atoms with E-state index in [0.29, 0.717) is 13.1 Å². The number of fused-ring (bicyclic) bond motifs is 6. The summed E-state index contributed by atoms with van der Waals surface area (Å²) >= 11 is 0. The molecule has 69 heavy (non-hydrogen) atoms. The van der Waals surface area contributed by atoms with Gasteiger partial charge in [-0.2, -0.15) is 49.2 Å². The Bertz CT molecular complexity index is 3050. The Balaban J connectivity index is 0.000000402. The molecule has 0 aliphatic carbocycles. The summed E-state index contributed by atoms with van der Waals surface area (Å²) in [5.74, 6) is 0.556. The average molecular weight is 945 g/mol. The summed E-state index contributed by atoms with van der Waals surface area (Å²) in [6.07, 6.45) is 0. The van der Waals surface area contributed by atoms with Crippen molar-refractivity contribution in [2.45, 2.75) is 54.6 Å². The van der Waals surface area contributed by atoms with Crippen LogP contribution < -0.4 is 0 Å². The number of aryl methyl sites for hydroxylation is 6. The quantitative estimate of drug-likeness (QED) is 0.112. The Morgan fingerprint density at radius 1 is 0.406 bits per heavy atom. The molecule has 0 spiro atoms. The third-order valence-corrected chi connectivity index (χ3v) is 12.6. The molecular formula is C62H64N4O2Ti+. The fourth-order valence-electron chi connectivity index (χ4n) is 9.26. The topological polar surface area (TPSA) is 56.8 Å². The van der Waals surface area contributed by atoms with Crippen LogP contribution in [-0.4, -0.2) is 56.3 Å². The normalized spacial score (nSPS) is 11.2. The Labute approximate surface area is 424 Å². The molecular weight excluding hydrogens is 881 g/mol. The number of aromatic hydroxyl groups is 2. The van der Waals surface area contributed by atoms with Crippen molar-refractivity contribution in [2.24, 2.45) is 0 Å². The Morgan fingerprint density at radius 3 is 1.00 bits per heavy atom. The number of aromatic nitrogens is 2. The van der Waals surface area contributed by atoms with Gasteiger partial charge in [0.15, 0.2) is 0 Å². The van der Waals surface area contributed by atoms with E-state index in [0.717, 1.165) is 79.9 Å². The van der Waals surface area contributed by atoms with Gasteiger partial charge in [-0.1, -0.05) is 70.8 Å². The first-order chi connectivity index (χ1) is 32.6. The fraction of sp³-hybridized carbons (Fsp3) is 0.194. The van der Waals surface area contributed by atoms with Crippen molar-refractivity contribution >= 4 is 43.6 Å². The molecule has 0 atom stereocenters. The minimum atomic E-state index is 0. The van der Waals surface area contributed by atoms with Gasteiger partial charge in [0.1, 0.15) is 11.5 Å². The fourth-order valence-corrected chi connectivity index (χ4v) is 9.26. The smallest absolute Gasteiger partial charge is 0.505 e. The van der Waals surface area contributed by atoms with Crippen molar-refractivity contribution in [2.75, 3.05) is 27.2 Å². The van der Waals surface area contributed by atoms with Crippen molar-refractivity contribution in [3.05, 3.63) is 227 Å². The molecule has 0 bridgehead atoms. The summed E-state index contributed by atoms with van der Waals surface area (Å²) in [7, 11) is 4.17. The minimum Gasteiger partial charge on any atom is -0.505 e. The zero-order chi connectivity index (χ0) is 48.2. The summed E-state index contributed by atoms with van der Waals surface area (Å²) in [4.78, 5) is 4.52. The van der Waals surface area contributed by atoms with Gasteiger partial charge in [-0.05, 0) is 127 Å². The van der Waals surface area contributed by atoms with Crippen molar-refractivity contribution < 1.29 is 31.9 Å². The number of benzene rings is 8. The Kier molecular flexibility index (Phi) is 15.8. The Hall–Kier alpha value is -6.67. The first kappa shape index (κ1) is 50.2. The van der Waals surface area contributed by atoms with Crippen LogP contribution in [0.5, 0.6) is 11.5 Å². The van der Waals surface area contributed by atoms with Crippen LogP contribution in [0.2, 0.25) is 0 Å². The van der Waals surface area contributed by atoms with Gasteiger partial charge in [0.25, 0.3) is 0 Å². The first-order valence-electron chi connectivity index (χ1n) is 23.4. The predicted octanol–water partition coefficient (Wildman–Crippen LogP) is 14.4. The maximum atomic E-state index is 12.2. The van der Waals surface area contributed by atoms with E-state index in [4.69, 9.17) is 0 Å². The second-order valence-electron chi connectivity index (χ2n) is 18.8. The molecule has 1 radical (unpaired) electrons. The van der Waals surface area contributed by atoms with Crippen molar-refractivity contribution in [1.82, 2.24) is 18.9 Å². The van der Waals surface area contributed by atoms with E-state index in [9.17, 15) is 10.2 Å². The molecule has 0 saturated heterocycles. The molecule has 0 unspecified atom stereocenters. The molecule has 0 aliphatic rings. The maximum absolute atomic E-state index is 12.2. The summed E-state index contributed by atoms with van der Waals surface area (Å²) in [6.45, 7) is 22.8. The van der Waals surface area contributed by atoms with E-state index in [1.54, 1.807) is 0 Å². The molecule has 0 saturated carbocycles. The molecule has 2 N–H and O–H groups in total. The SMILES string of the molecule is Cc1cc(CN(CCN(C)C)Cc2cc(C)cc(-n3c4ccc(C)cc4c4cc(C)ccc43)c2O)c(O)c(-n2c3ccc(C)cc3c3cc(C)ccc32)c1.[CH2-]c1ccccc1.[CH2-]c1ccccc1.[Ti+3]. The van der Waals surface area contributed by atoms with Crippen LogP contribution in [0.25, 0.3) is 55.0 Å². The van der Waals surface area contributed by atoms with Crippen molar-refractivity contribution in [1.29, 1.82) is 0 Å². The van der Waals surface area contributed by atoms with Crippen molar-refractivity contribution in [3.8, 4) is 22.9 Å². The molecule has 0 fully saturated rings. The van der Waals surface area contributed by atoms with E-state index in [1.165, 1.54) is 43.8 Å². The third-order valence-electron chi connectivity index (χ3n) is 12.6. The van der Waals surface area contributed by atoms with E-state index >= 15 is 0 Å². The van der Waals surface area contributed by atoms with E-state index in [1.807, 2.05) is 60.7 Å². The molecule has 10 aromatic rings. The molecule has 0 aliphatic heterocycles. The van der Waals surface area contributed by atoms with Crippen LogP contribution >= 0.6 is 0 Å². The Morgan fingerprint density at radius 2 is 0.725 bits per heavy atom. The van der Waals surface area contributed by atoms with Gasteiger partial charge in [0, 0.05) is 58.9 Å². The standard InChI is InChI=1S/C48H50N4O2.2C7H7.Ti/c1-29-9-13-41-37(21-29)38-22-30(2)10-14-42(38)51(41)45-25-33(5)19-35(47(45)53)27-50(18-17-49(7)8)28-36-20-34(6)26-46(48(36)54)52-43-15-11-31(3)23-39(43)40-24-32(4)12-16-44(40)52;2*1-7-5-3-2-4-6-7;/h9-16,19-26,53-54H,17-18,27-28H2,1-8H3;2*2-6H,1H2;/q;2*-1;+3. The van der Waals surface area contributed by atoms with Crippen LogP contribution in [0.15, 0.2) is 158 Å². The van der Waals surface area contributed by atoms with Crippen LogP contribution in [-0.2, 0) is 34.8 Å². The zero-order valence-corrected chi connectivity index (χ0v) is 43.0. The molecule has 347 valence electrons. The number of phenolic OH excluding ortho intramolecular Hbond substituents is 2. The molecule has 10 rings (SSSR count). The number of rotatable bonds is 9. The number of hydrogen-bond acceptors (Lipinski definition) is 4. The third kappa shape index (κ3) is 11.3. The molecule has 6 nitrogen and oxygen atoms in total. The summed E-state index contributed by atoms with van der Waals surface area (Å²) in [5.41, 5.74) is 16.7. The zero-order valence-electron chi connectivity index (χ0n) is 41.4. The molecule has 2 aromatic heterocycles. The summed E-state index contributed by atoms with van der Waals surface area (Å²) in [5, 5.41) is 29.1. The number of hydrogen-bond donors (Lipinski definition) is 2. The number of nitrogens with zero attached hydrogens (tertiary/aromatic N) is 4. The molecule has 8 aromatic carbocycles. The second kappa shape index (κ2) is 21.7. The van der Waals surface area contributed by atoms with E-state index in [2.05, 4.69) is 185 Å². The summed E-state index contributed by atoms with van der Waals surface area (Å²) in [6, 6.07) is 54.4. The largest absolute Gasteiger partial charge is 3.00 e. The van der Waals surface area contributed by atoms with E-state index < -0.39 is 0 Å². The monoisotopic (exact) mass is 944 g/mol. The maximum Gasteiger partial charge on any atom is 3.00 e. The van der Waals surface area contributed by atoms with Gasteiger partial charge in [0.2, 0.25) is 0 Å². The van der Waals surface area contributed by atoms with Gasteiger partial charge in [-0.25, -0.2) is 0 Å². The second-order valence-corrected chi connectivity index (χ2v) is 18.8. The van der Waals surface area contributed by atoms with Gasteiger partial charge in [0.05, 0.1) is 33.4 Å².